The summed E-state index contributed by atoms with van der Waals surface area (Å²) in [6, 6.07) is 0. The van der Waals surface area contributed by atoms with Gasteiger partial charge in [-0.05, 0) is 58.0 Å². The van der Waals surface area contributed by atoms with Gasteiger partial charge in [-0.15, -0.1) is 0 Å². The number of piperidine rings is 2. The Bertz CT molecular complexity index is 496. The summed E-state index contributed by atoms with van der Waals surface area (Å²) >= 11 is 0. The lowest BCUT2D eigenvalue weighted by atomic mass is 9.92. The SMILES string of the molecule is Cc1noc(C2CCCN(C(=O)CCC3CCNCC3)C2)n1. The average Bonchev–Trinajstić information content (AvgIpc) is 3.00. The molecule has 3 heterocycles. The number of aromatic nitrogens is 2. The zero-order chi connectivity index (χ0) is 15.4. The lowest BCUT2D eigenvalue weighted by Gasteiger charge is -2.31. The molecule has 1 aromatic heterocycles. The molecule has 0 bridgehead atoms. The average molecular weight is 306 g/mol. The molecule has 1 atom stereocenters. The van der Waals surface area contributed by atoms with Crippen LogP contribution in [0.3, 0.4) is 0 Å². The topological polar surface area (TPSA) is 71.3 Å². The first-order valence-electron chi connectivity index (χ1n) is 8.51. The summed E-state index contributed by atoms with van der Waals surface area (Å²) in [5.74, 6) is 2.57. The Balaban J connectivity index is 1.49. The molecule has 3 rings (SSSR count). The second-order valence-electron chi connectivity index (χ2n) is 6.59. The molecule has 2 aliphatic heterocycles. The van der Waals surface area contributed by atoms with Crippen LogP contribution in [0.1, 0.15) is 56.2 Å². The standard InChI is InChI=1S/C16H26N4O2/c1-12-18-16(22-19-12)14-3-2-10-20(11-14)15(21)5-4-13-6-8-17-9-7-13/h13-14,17H,2-11H2,1H3. The molecule has 0 spiro atoms. The zero-order valence-electron chi connectivity index (χ0n) is 13.4. The van der Waals surface area contributed by atoms with E-state index in [0.29, 0.717) is 30.0 Å². The van der Waals surface area contributed by atoms with E-state index in [-0.39, 0.29) is 5.92 Å². The van der Waals surface area contributed by atoms with Crippen LogP contribution in [0, 0.1) is 12.8 Å². The first kappa shape index (κ1) is 15.5. The third-order valence-corrected chi connectivity index (χ3v) is 4.89. The number of likely N-dealkylation sites (tertiary alicyclic amines) is 1. The van der Waals surface area contributed by atoms with Crippen LogP contribution in [-0.2, 0) is 4.79 Å². The number of rotatable bonds is 4. The van der Waals surface area contributed by atoms with Gasteiger partial charge in [0.15, 0.2) is 5.82 Å². The normalized spacial score (nSPS) is 23.7. The second kappa shape index (κ2) is 7.22. The molecule has 6 nitrogen and oxygen atoms in total. The summed E-state index contributed by atoms with van der Waals surface area (Å²) in [4.78, 5) is 18.8. The fourth-order valence-corrected chi connectivity index (χ4v) is 3.54. The van der Waals surface area contributed by atoms with Crippen LogP contribution in [0.2, 0.25) is 0 Å². The minimum Gasteiger partial charge on any atom is -0.342 e. The summed E-state index contributed by atoms with van der Waals surface area (Å²) < 4.78 is 5.28. The molecule has 1 amide bonds. The van der Waals surface area contributed by atoms with Crippen molar-refractivity contribution in [1.82, 2.24) is 20.4 Å². The van der Waals surface area contributed by atoms with Crippen molar-refractivity contribution in [2.75, 3.05) is 26.2 Å². The first-order chi connectivity index (χ1) is 10.7. The predicted octanol–water partition coefficient (Wildman–Crippen LogP) is 1.86. The van der Waals surface area contributed by atoms with Crippen LogP contribution in [0.5, 0.6) is 0 Å². The smallest absolute Gasteiger partial charge is 0.231 e. The molecule has 122 valence electrons. The number of nitrogens with zero attached hydrogens (tertiary/aromatic N) is 3. The van der Waals surface area contributed by atoms with Gasteiger partial charge in [0.25, 0.3) is 0 Å². The van der Waals surface area contributed by atoms with E-state index in [1.165, 1.54) is 12.8 Å². The lowest BCUT2D eigenvalue weighted by Crippen LogP contribution is -2.39. The van der Waals surface area contributed by atoms with Crippen molar-refractivity contribution < 1.29 is 9.32 Å². The monoisotopic (exact) mass is 306 g/mol. The number of hydrogen-bond donors (Lipinski definition) is 1. The number of amides is 1. The van der Waals surface area contributed by atoms with Gasteiger partial charge in [-0.25, -0.2) is 0 Å². The fraction of sp³-hybridized carbons (Fsp3) is 0.812. The van der Waals surface area contributed by atoms with E-state index in [1.54, 1.807) is 0 Å². The molecule has 22 heavy (non-hydrogen) atoms. The summed E-state index contributed by atoms with van der Waals surface area (Å²) in [7, 11) is 0. The van der Waals surface area contributed by atoms with Crippen LogP contribution >= 0.6 is 0 Å². The minimum absolute atomic E-state index is 0.206. The Labute approximate surface area is 131 Å². The maximum Gasteiger partial charge on any atom is 0.231 e. The summed E-state index contributed by atoms with van der Waals surface area (Å²) in [5.41, 5.74) is 0. The van der Waals surface area contributed by atoms with Gasteiger partial charge in [0, 0.05) is 19.5 Å². The Morgan fingerprint density at radius 3 is 2.91 bits per heavy atom. The molecule has 0 aliphatic carbocycles. The fourth-order valence-electron chi connectivity index (χ4n) is 3.54. The molecular weight excluding hydrogens is 280 g/mol. The van der Waals surface area contributed by atoms with Crippen molar-refractivity contribution >= 4 is 5.91 Å². The molecule has 2 fully saturated rings. The Kier molecular flexibility index (Phi) is 5.08. The lowest BCUT2D eigenvalue weighted by molar-refractivity contribution is -0.132. The number of aryl methyl sites for hydroxylation is 1. The highest BCUT2D eigenvalue weighted by Crippen LogP contribution is 2.27. The molecule has 1 N–H and O–H groups in total. The second-order valence-corrected chi connectivity index (χ2v) is 6.59. The van der Waals surface area contributed by atoms with Crippen molar-refractivity contribution in [3.63, 3.8) is 0 Å². The van der Waals surface area contributed by atoms with Crippen LogP contribution in [0.15, 0.2) is 4.52 Å². The molecule has 1 aromatic rings. The maximum absolute atomic E-state index is 12.5. The Morgan fingerprint density at radius 1 is 1.36 bits per heavy atom. The van der Waals surface area contributed by atoms with Crippen LogP contribution in [-0.4, -0.2) is 47.1 Å². The number of carbonyl (C=O) groups is 1. The van der Waals surface area contributed by atoms with Crippen molar-refractivity contribution in [1.29, 1.82) is 0 Å². The van der Waals surface area contributed by atoms with Gasteiger partial charge < -0.3 is 14.7 Å². The summed E-state index contributed by atoms with van der Waals surface area (Å²) in [6.45, 7) is 5.63. The van der Waals surface area contributed by atoms with Crippen LogP contribution in [0.4, 0.5) is 0 Å². The summed E-state index contributed by atoms with van der Waals surface area (Å²) in [6.07, 6.45) is 6.17. The molecule has 0 radical (unpaired) electrons. The van der Waals surface area contributed by atoms with Gasteiger partial charge in [0.2, 0.25) is 11.8 Å². The minimum atomic E-state index is 0.206. The van der Waals surface area contributed by atoms with Crippen molar-refractivity contribution in [2.24, 2.45) is 5.92 Å². The maximum atomic E-state index is 12.5. The van der Waals surface area contributed by atoms with E-state index in [1.807, 2.05) is 11.8 Å². The molecule has 1 unspecified atom stereocenters. The number of carbonyl (C=O) groups excluding carboxylic acids is 1. The van der Waals surface area contributed by atoms with Gasteiger partial charge in [0.1, 0.15) is 0 Å². The van der Waals surface area contributed by atoms with Crippen molar-refractivity contribution in [2.45, 2.75) is 51.4 Å². The van der Waals surface area contributed by atoms with Crippen molar-refractivity contribution in [3.05, 3.63) is 11.7 Å². The molecule has 0 saturated carbocycles. The first-order valence-corrected chi connectivity index (χ1v) is 8.51. The van der Waals surface area contributed by atoms with Gasteiger partial charge in [-0.2, -0.15) is 4.98 Å². The molecular formula is C16H26N4O2. The highest BCUT2D eigenvalue weighted by atomic mass is 16.5. The van der Waals surface area contributed by atoms with Gasteiger partial charge in [-0.3, -0.25) is 4.79 Å². The van der Waals surface area contributed by atoms with E-state index in [4.69, 9.17) is 4.52 Å². The van der Waals surface area contributed by atoms with E-state index < -0.39 is 0 Å². The van der Waals surface area contributed by atoms with Crippen molar-refractivity contribution in [3.8, 4) is 0 Å². The van der Waals surface area contributed by atoms with E-state index in [2.05, 4.69) is 15.5 Å². The highest BCUT2D eigenvalue weighted by molar-refractivity contribution is 5.76. The van der Waals surface area contributed by atoms with Gasteiger partial charge >= 0.3 is 0 Å². The van der Waals surface area contributed by atoms with Crippen LogP contribution < -0.4 is 5.32 Å². The quantitative estimate of drug-likeness (QED) is 0.919. The number of hydrogen-bond acceptors (Lipinski definition) is 5. The van der Waals surface area contributed by atoms with E-state index >= 15 is 0 Å². The molecule has 2 aliphatic rings. The van der Waals surface area contributed by atoms with Gasteiger partial charge in [0.05, 0.1) is 5.92 Å². The third-order valence-electron chi connectivity index (χ3n) is 4.89. The van der Waals surface area contributed by atoms with Gasteiger partial charge in [-0.1, -0.05) is 5.16 Å². The summed E-state index contributed by atoms with van der Waals surface area (Å²) in [5, 5.41) is 7.24. The molecule has 0 aromatic carbocycles. The molecule has 6 heteroatoms. The van der Waals surface area contributed by atoms with Crippen LogP contribution in [0.25, 0.3) is 0 Å². The zero-order valence-corrected chi connectivity index (χ0v) is 13.4. The third kappa shape index (κ3) is 3.85. The highest BCUT2D eigenvalue weighted by Gasteiger charge is 2.28. The van der Waals surface area contributed by atoms with E-state index in [9.17, 15) is 4.79 Å². The Hall–Kier alpha value is -1.43. The Morgan fingerprint density at radius 2 is 2.18 bits per heavy atom. The largest absolute Gasteiger partial charge is 0.342 e. The van der Waals surface area contributed by atoms with E-state index in [0.717, 1.165) is 45.4 Å². The molecule has 2 saturated heterocycles. The predicted molar refractivity (Wildman–Crippen MR) is 82.4 cm³/mol. The number of nitrogens with one attached hydrogen (secondary N) is 1.